The Bertz CT molecular complexity index is 1260. The second-order valence-corrected chi connectivity index (χ2v) is 9.50. The minimum Gasteiger partial charge on any atom is -0.497 e. The Morgan fingerprint density at radius 1 is 0.743 bits per heavy atom. The topological polar surface area (TPSA) is 24.8 Å². The second kappa shape index (κ2) is 9.42. The summed E-state index contributed by atoms with van der Waals surface area (Å²) in [7, 11) is 1.69. The predicted molar refractivity (Wildman–Crippen MR) is 145 cm³/mol. The Hall–Kier alpha value is -3.85. The van der Waals surface area contributed by atoms with Gasteiger partial charge in [-0.2, -0.15) is 0 Å². The number of benzene rings is 4. The van der Waals surface area contributed by atoms with Crippen LogP contribution in [0.5, 0.6) is 5.75 Å². The Morgan fingerprint density at radius 2 is 1.29 bits per heavy atom. The fourth-order valence-electron chi connectivity index (χ4n) is 5.75. The fourth-order valence-corrected chi connectivity index (χ4v) is 5.75. The fraction of sp³-hybridized carbons (Fsp3) is 0.219. The van der Waals surface area contributed by atoms with E-state index in [-0.39, 0.29) is 0 Å². The van der Waals surface area contributed by atoms with Gasteiger partial charge in [-0.05, 0) is 77.1 Å². The van der Waals surface area contributed by atoms with Crippen LogP contribution in [0.25, 0.3) is 0 Å². The van der Waals surface area contributed by atoms with Crippen LogP contribution < -0.4 is 9.64 Å². The van der Waals surface area contributed by atoms with Crippen LogP contribution in [0.3, 0.4) is 0 Å². The minimum atomic E-state index is 0.395. The lowest BCUT2D eigenvalue weighted by Gasteiger charge is -2.43. The number of hydrogen-bond acceptors (Lipinski definition) is 3. The quantitative estimate of drug-likeness (QED) is 0.293. The van der Waals surface area contributed by atoms with Gasteiger partial charge in [0.2, 0.25) is 0 Å². The summed E-state index contributed by atoms with van der Waals surface area (Å²) >= 11 is 0. The highest BCUT2D eigenvalue weighted by Crippen LogP contribution is 2.49. The Balaban J connectivity index is 1.47. The van der Waals surface area contributed by atoms with Gasteiger partial charge in [0.1, 0.15) is 5.75 Å². The summed E-state index contributed by atoms with van der Waals surface area (Å²) in [6.07, 6.45) is 4.24. The van der Waals surface area contributed by atoms with Crippen molar-refractivity contribution in [1.82, 2.24) is 0 Å². The molecule has 0 fully saturated rings. The van der Waals surface area contributed by atoms with Gasteiger partial charge in [0.05, 0.1) is 12.8 Å². The summed E-state index contributed by atoms with van der Waals surface area (Å²) in [6.45, 7) is 2.21. The van der Waals surface area contributed by atoms with E-state index in [9.17, 15) is 0 Å². The van der Waals surface area contributed by atoms with Crippen molar-refractivity contribution in [3.05, 3.63) is 125 Å². The maximum Gasteiger partial charge on any atom is 0.118 e. The first-order valence-corrected chi connectivity index (χ1v) is 12.5. The molecular formula is C32H30N2O. The smallest absolute Gasteiger partial charge is 0.118 e. The molecule has 0 bridgehead atoms. The van der Waals surface area contributed by atoms with Crippen molar-refractivity contribution >= 4 is 17.6 Å². The van der Waals surface area contributed by atoms with Crippen molar-refractivity contribution in [2.75, 3.05) is 25.1 Å². The highest BCUT2D eigenvalue weighted by atomic mass is 16.5. The summed E-state index contributed by atoms with van der Waals surface area (Å²) in [5, 5.41) is 0. The van der Waals surface area contributed by atoms with Gasteiger partial charge in [0.15, 0.2) is 0 Å². The lowest BCUT2D eigenvalue weighted by molar-refractivity contribution is 0.415. The maximum absolute atomic E-state index is 5.30. The van der Waals surface area contributed by atoms with Gasteiger partial charge in [0.25, 0.3) is 0 Å². The van der Waals surface area contributed by atoms with E-state index < -0.39 is 0 Å². The van der Waals surface area contributed by atoms with Crippen LogP contribution in [0.4, 0.5) is 11.4 Å². The molecule has 0 spiro atoms. The molecule has 0 aliphatic carbocycles. The highest BCUT2D eigenvalue weighted by Gasteiger charge is 2.34. The predicted octanol–water partition coefficient (Wildman–Crippen LogP) is 7.32. The zero-order valence-corrected chi connectivity index (χ0v) is 20.1. The molecular weight excluding hydrogens is 428 g/mol. The second-order valence-electron chi connectivity index (χ2n) is 9.50. The normalized spacial score (nSPS) is 18.9. The largest absolute Gasteiger partial charge is 0.497 e. The molecule has 0 saturated carbocycles. The highest BCUT2D eigenvalue weighted by molar-refractivity contribution is 5.83. The number of aliphatic imine (C=N–C) groups is 1. The molecule has 3 heteroatoms. The van der Waals surface area contributed by atoms with E-state index in [1.165, 1.54) is 27.9 Å². The van der Waals surface area contributed by atoms with E-state index in [2.05, 4.69) is 77.7 Å². The molecule has 0 aromatic heterocycles. The van der Waals surface area contributed by atoms with Crippen molar-refractivity contribution in [3.8, 4) is 5.75 Å². The van der Waals surface area contributed by atoms with Gasteiger partial charge in [-0.3, -0.25) is 4.99 Å². The van der Waals surface area contributed by atoms with E-state index in [4.69, 9.17) is 9.73 Å². The summed E-state index contributed by atoms with van der Waals surface area (Å²) in [6, 6.07) is 34.7. The molecule has 174 valence electrons. The molecule has 0 unspecified atom stereocenters. The van der Waals surface area contributed by atoms with Crippen LogP contribution in [-0.4, -0.2) is 26.4 Å². The van der Waals surface area contributed by atoms with E-state index in [0.717, 1.165) is 42.9 Å². The monoisotopic (exact) mass is 458 g/mol. The van der Waals surface area contributed by atoms with Crippen molar-refractivity contribution < 1.29 is 4.74 Å². The number of methoxy groups -OCH3 is 1. The zero-order valence-electron chi connectivity index (χ0n) is 20.1. The summed E-state index contributed by atoms with van der Waals surface area (Å²) in [5.41, 5.74) is 9.16. The standard InChI is InChI=1S/C32H30N2O/c1-35-27-14-12-23(13-15-27)22-33-26-20-30-28(24-8-4-2-5-9-24)16-18-34-19-17-29(31(21-26)32(30)34)25-10-6-3-7-11-25/h2-15,20-22,28-29H,16-19H2,1H3/t28-,29-/m0/s1. The van der Waals surface area contributed by atoms with Crippen LogP contribution >= 0.6 is 0 Å². The van der Waals surface area contributed by atoms with Gasteiger partial charge >= 0.3 is 0 Å². The molecule has 0 saturated heterocycles. The molecule has 0 N–H and O–H groups in total. The van der Waals surface area contributed by atoms with Gasteiger partial charge < -0.3 is 9.64 Å². The summed E-state index contributed by atoms with van der Waals surface area (Å²) in [4.78, 5) is 7.58. The number of anilines is 1. The van der Waals surface area contributed by atoms with Crippen LogP contribution in [-0.2, 0) is 0 Å². The van der Waals surface area contributed by atoms with Crippen LogP contribution in [0.1, 0.15) is 52.5 Å². The first-order valence-electron chi connectivity index (χ1n) is 12.5. The lowest BCUT2D eigenvalue weighted by Crippen LogP contribution is -2.37. The lowest BCUT2D eigenvalue weighted by atomic mass is 9.76. The Kier molecular flexibility index (Phi) is 5.83. The third kappa shape index (κ3) is 4.23. The molecule has 4 aromatic rings. The molecule has 2 atom stereocenters. The van der Waals surface area contributed by atoms with E-state index in [1.807, 2.05) is 30.5 Å². The van der Waals surface area contributed by atoms with Gasteiger partial charge in [0, 0.05) is 36.8 Å². The van der Waals surface area contributed by atoms with Crippen LogP contribution in [0.2, 0.25) is 0 Å². The molecule has 35 heavy (non-hydrogen) atoms. The maximum atomic E-state index is 5.30. The molecule has 2 aliphatic heterocycles. The summed E-state index contributed by atoms with van der Waals surface area (Å²) < 4.78 is 5.30. The van der Waals surface area contributed by atoms with E-state index >= 15 is 0 Å². The number of rotatable bonds is 5. The third-order valence-corrected chi connectivity index (χ3v) is 7.48. The van der Waals surface area contributed by atoms with Gasteiger partial charge in [-0.25, -0.2) is 0 Å². The average molecular weight is 459 g/mol. The number of hydrogen-bond donors (Lipinski definition) is 0. The molecule has 2 heterocycles. The Morgan fingerprint density at radius 3 is 1.80 bits per heavy atom. The third-order valence-electron chi connectivity index (χ3n) is 7.48. The number of nitrogens with zero attached hydrogens (tertiary/aromatic N) is 2. The molecule has 3 nitrogen and oxygen atoms in total. The first kappa shape index (κ1) is 21.7. The molecule has 0 amide bonds. The van der Waals surface area contributed by atoms with E-state index in [1.54, 1.807) is 7.11 Å². The molecule has 2 aliphatic rings. The molecule has 4 aromatic carbocycles. The Labute approximate surface area is 207 Å². The number of ether oxygens (including phenoxy) is 1. The SMILES string of the molecule is COc1ccc(C=Nc2cc3c4c(c2)[C@H](c2ccccc2)CCN4CC[C@H]3c2ccccc2)cc1. The van der Waals surface area contributed by atoms with Crippen LogP contribution in [0, 0.1) is 0 Å². The van der Waals surface area contributed by atoms with E-state index in [0.29, 0.717) is 11.8 Å². The van der Waals surface area contributed by atoms with Gasteiger partial charge in [-0.1, -0.05) is 60.7 Å². The minimum absolute atomic E-state index is 0.395. The van der Waals surface area contributed by atoms with Crippen molar-refractivity contribution in [1.29, 1.82) is 0 Å². The summed E-state index contributed by atoms with van der Waals surface area (Å²) in [5.74, 6) is 1.65. The van der Waals surface area contributed by atoms with Gasteiger partial charge in [-0.15, -0.1) is 0 Å². The van der Waals surface area contributed by atoms with Crippen LogP contribution in [0.15, 0.2) is 102 Å². The molecule has 6 rings (SSSR count). The van der Waals surface area contributed by atoms with Crippen molar-refractivity contribution in [3.63, 3.8) is 0 Å². The average Bonchev–Trinajstić information content (AvgIpc) is 2.93. The van der Waals surface area contributed by atoms with Crippen molar-refractivity contribution in [2.45, 2.75) is 24.7 Å². The zero-order chi connectivity index (χ0) is 23.6. The first-order chi connectivity index (χ1) is 17.3. The molecule has 0 radical (unpaired) electrons. The van der Waals surface area contributed by atoms with Crippen molar-refractivity contribution in [2.24, 2.45) is 4.99 Å².